The van der Waals surface area contributed by atoms with Crippen molar-refractivity contribution in [2.45, 2.75) is 13.2 Å². The molecule has 0 bridgehead atoms. The zero-order valence-corrected chi connectivity index (χ0v) is 17.1. The van der Waals surface area contributed by atoms with Crippen LogP contribution in [0.3, 0.4) is 0 Å². The van der Waals surface area contributed by atoms with Gasteiger partial charge < -0.3 is 4.74 Å². The number of carbonyl (C=O) groups excluding carboxylic acids is 2. The van der Waals surface area contributed by atoms with Crippen LogP contribution in [0.2, 0.25) is 0 Å². The van der Waals surface area contributed by atoms with Gasteiger partial charge in [-0.3, -0.25) is 14.5 Å². The van der Waals surface area contributed by atoms with E-state index in [1.54, 1.807) is 60.7 Å². The van der Waals surface area contributed by atoms with Crippen molar-refractivity contribution in [2.75, 3.05) is 0 Å². The third kappa shape index (κ3) is 4.83. The van der Waals surface area contributed by atoms with Gasteiger partial charge in [-0.2, -0.15) is 0 Å². The molecule has 0 aliphatic carbocycles. The van der Waals surface area contributed by atoms with Gasteiger partial charge in [0.15, 0.2) is 0 Å². The third-order valence-corrected chi connectivity index (χ3v) is 5.58. The lowest BCUT2D eigenvalue weighted by Gasteiger charge is -2.13. The number of hydrogen-bond acceptors (Lipinski definition) is 4. The Hall–Kier alpha value is -3.45. The maximum absolute atomic E-state index is 13.9. The van der Waals surface area contributed by atoms with Crippen LogP contribution in [0.5, 0.6) is 5.75 Å². The van der Waals surface area contributed by atoms with Crippen molar-refractivity contribution in [2.24, 2.45) is 0 Å². The molecule has 7 heteroatoms. The van der Waals surface area contributed by atoms with E-state index < -0.39 is 17.0 Å². The molecule has 156 valence electrons. The van der Waals surface area contributed by atoms with E-state index in [0.717, 1.165) is 22.2 Å². The van der Waals surface area contributed by atoms with Gasteiger partial charge in [-0.1, -0.05) is 48.5 Å². The molecule has 3 aromatic carbocycles. The van der Waals surface area contributed by atoms with Gasteiger partial charge in [-0.15, -0.1) is 0 Å². The summed E-state index contributed by atoms with van der Waals surface area (Å²) in [5.74, 6) is -0.750. The Morgan fingerprint density at radius 1 is 0.903 bits per heavy atom. The maximum atomic E-state index is 13.9. The minimum Gasteiger partial charge on any atom is -0.488 e. The number of benzene rings is 3. The molecule has 3 aromatic rings. The first kappa shape index (κ1) is 20.8. The Morgan fingerprint density at radius 2 is 1.61 bits per heavy atom. The van der Waals surface area contributed by atoms with Gasteiger partial charge in [0.05, 0.1) is 11.4 Å². The van der Waals surface area contributed by atoms with Crippen LogP contribution in [0.25, 0.3) is 6.08 Å². The van der Waals surface area contributed by atoms with Gasteiger partial charge in [-0.05, 0) is 47.7 Å². The fourth-order valence-corrected chi connectivity index (χ4v) is 3.88. The zero-order valence-electron chi connectivity index (χ0n) is 16.3. The Kier molecular flexibility index (Phi) is 6.13. The molecule has 4 nitrogen and oxygen atoms in total. The lowest BCUT2D eigenvalue weighted by Crippen LogP contribution is -2.27. The van der Waals surface area contributed by atoms with Gasteiger partial charge in [0.1, 0.15) is 24.0 Å². The van der Waals surface area contributed by atoms with Gasteiger partial charge in [0.2, 0.25) is 0 Å². The second-order valence-electron chi connectivity index (χ2n) is 6.81. The second kappa shape index (κ2) is 9.14. The lowest BCUT2D eigenvalue weighted by molar-refractivity contribution is -0.123. The first-order valence-corrected chi connectivity index (χ1v) is 10.3. The summed E-state index contributed by atoms with van der Waals surface area (Å²) in [7, 11) is 0. The molecule has 0 spiro atoms. The fourth-order valence-electron chi connectivity index (χ4n) is 3.05. The highest BCUT2D eigenvalue weighted by atomic mass is 32.2. The minimum atomic E-state index is -0.480. The van der Waals surface area contributed by atoms with Crippen molar-refractivity contribution in [3.8, 4) is 5.75 Å². The van der Waals surface area contributed by atoms with Crippen molar-refractivity contribution in [1.82, 2.24) is 4.90 Å². The quantitative estimate of drug-likeness (QED) is 0.459. The number of carbonyl (C=O) groups is 2. The maximum Gasteiger partial charge on any atom is 0.293 e. The third-order valence-electron chi connectivity index (χ3n) is 4.67. The van der Waals surface area contributed by atoms with Crippen molar-refractivity contribution in [3.05, 3.63) is 106 Å². The Labute approximate surface area is 182 Å². The largest absolute Gasteiger partial charge is 0.488 e. The molecule has 1 aliphatic rings. The summed E-state index contributed by atoms with van der Waals surface area (Å²) in [5, 5.41) is -0.454. The topological polar surface area (TPSA) is 46.6 Å². The van der Waals surface area contributed by atoms with Crippen LogP contribution in [-0.2, 0) is 17.9 Å². The molecule has 0 saturated carbocycles. The molecule has 2 amide bonds. The van der Waals surface area contributed by atoms with Crippen LogP contribution in [-0.4, -0.2) is 16.0 Å². The number of rotatable bonds is 6. The van der Waals surface area contributed by atoms with Crippen LogP contribution in [0.15, 0.2) is 77.7 Å². The average Bonchev–Trinajstić information content (AvgIpc) is 3.03. The Morgan fingerprint density at radius 3 is 2.39 bits per heavy atom. The van der Waals surface area contributed by atoms with E-state index in [1.165, 1.54) is 18.2 Å². The van der Waals surface area contributed by atoms with Crippen LogP contribution < -0.4 is 4.74 Å². The summed E-state index contributed by atoms with van der Waals surface area (Å²) in [5.41, 5.74) is 1.69. The fraction of sp³-hybridized carbons (Fsp3) is 0.0833. The van der Waals surface area contributed by atoms with Gasteiger partial charge in [0, 0.05) is 11.1 Å². The molecule has 1 aliphatic heterocycles. The van der Waals surface area contributed by atoms with Crippen LogP contribution in [0.4, 0.5) is 13.6 Å². The Balaban J connectivity index is 1.52. The summed E-state index contributed by atoms with van der Waals surface area (Å²) in [6, 6.07) is 19.1. The number of thioether (sulfide) groups is 1. The van der Waals surface area contributed by atoms with Crippen molar-refractivity contribution in [1.29, 1.82) is 0 Å². The predicted octanol–water partition coefficient (Wildman–Crippen LogP) is 5.78. The summed E-state index contributed by atoms with van der Waals surface area (Å²) in [6.45, 7) is 0.0945. The van der Waals surface area contributed by atoms with Crippen LogP contribution >= 0.6 is 11.8 Å². The zero-order chi connectivity index (χ0) is 21.8. The molecule has 1 fully saturated rings. The number of imide groups is 1. The van der Waals surface area contributed by atoms with Crippen molar-refractivity contribution >= 4 is 29.0 Å². The summed E-state index contributed by atoms with van der Waals surface area (Å²) in [4.78, 5) is 26.4. The first-order chi connectivity index (χ1) is 15.0. The van der Waals surface area contributed by atoms with Crippen molar-refractivity contribution < 1.29 is 23.1 Å². The number of hydrogen-bond donors (Lipinski definition) is 0. The standard InChI is InChI=1S/C24H17F2NO3S/c25-19-11-9-16(10-12-19)15-30-21-8-4-2-5-17(21)13-22-23(28)27(24(29)31-22)14-18-6-1-3-7-20(18)26/h1-13H,14-15H2/b22-13-. The molecule has 1 heterocycles. The van der Waals surface area contributed by atoms with E-state index >= 15 is 0 Å². The highest BCUT2D eigenvalue weighted by Gasteiger charge is 2.35. The summed E-state index contributed by atoms with van der Waals surface area (Å²) >= 11 is 0.805. The number of ether oxygens (including phenoxy) is 1. The second-order valence-corrected chi connectivity index (χ2v) is 7.81. The molecule has 4 rings (SSSR count). The summed E-state index contributed by atoms with van der Waals surface area (Å²) < 4.78 is 32.8. The van der Waals surface area contributed by atoms with Crippen LogP contribution in [0.1, 0.15) is 16.7 Å². The molecule has 0 atom stereocenters. The number of amides is 2. The molecular formula is C24H17F2NO3S. The van der Waals surface area contributed by atoms with E-state index in [-0.39, 0.29) is 29.4 Å². The van der Waals surface area contributed by atoms with E-state index in [4.69, 9.17) is 4.74 Å². The minimum absolute atomic E-state index is 0.128. The Bertz CT molecular complexity index is 1160. The molecule has 31 heavy (non-hydrogen) atoms. The van der Waals surface area contributed by atoms with E-state index in [1.807, 2.05) is 0 Å². The lowest BCUT2D eigenvalue weighted by atomic mass is 10.1. The van der Waals surface area contributed by atoms with E-state index in [9.17, 15) is 18.4 Å². The molecule has 1 saturated heterocycles. The first-order valence-electron chi connectivity index (χ1n) is 9.46. The van der Waals surface area contributed by atoms with Crippen LogP contribution in [0, 0.1) is 11.6 Å². The van der Waals surface area contributed by atoms with Gasteiger partial charge in [-0.25, -0.2) is 8.78 Å². The summed E-state index contributed by atoms with van der Waals surface area (Å²) in [6.07, 6.45) is 1.59. The van der Waals surface area contributed by atoms with E-state index in [2.05, 4.69) is 0 Å². The average molecular weight is 437 g/mol. The smallest absolute Gasteiger partial charge is 0.293 e. The SMILES string of the molecule is O=C1S/C(=C\c2ccccc2OCc2ccc(F)cc2)C(=O)N1Cc1ccccc1F. The normalized spacial score (nSPS) is 15.0. The number of nitrogens with zero attached hydrogens (tertiary/aromatic N) is 1. The predicted molar refractivity (Wildman–Crippen MR) is 115 cm³/mol. The van der Waals surface area contributed by atoms with Gasteiger partial charge in [0.25, 0.3) is 11.1 Å². The molecule has 0 radical (unpaired) electrons. The molecule has 0 N–H and O–H groups in total. The number of para-hydroxylation sites is 1. The molecule has 0 unspecified atom stereocenters. The molecular weight excluding hydrogens is 420 g/mol. The highest BCUT2D eigenvalue weighted by Crippen LogP contribution is 2.35. The monoisotopic (exact) mass is 437 g/mol. The van der Waals surface area contributed by atoms with Crippen molar-refractivity contribution in [3.63, 3.8) is 0 Å². The van der Waals surface area contributed by atoms with Gasteiger partial charge >= 0.3 is 0 Å². The van der Waals surface area contributed by atoms with E-state index in [0.29, 0.717) is 11.3 Å². The number of halogens is 2. The molecule has 0 aromatic heterocycles. The highest BCUT2D eigenvalue weighted by molar-refractivity contribution is 8.18.